The molecule has 0 spiro atoms. The number of carbonyl (C=O) groups is 1. The highest BCUT2D eigenvalue weighted by Gasteiger charge is 2.36. The minimum Gasteiger partial charge on any atom is -0.508 e. The zero-order valence-corrected chi connectivity index (χ0v) is 18.1. The molecule has 2 N–H and O–H groups in total. The molecule has 8 heteroatoms. The Bertz CT molecular complexity index is 1270. The summed E-state index contributed by atoms with van der Waals surface area (Å²) in [5.41, 5.74) is 4.74. The third kappa shape index (κ3) is 3.78. The van der Waals surface area contributed by atoms with Gasteiger partial charge >= 0.3 is 0 Å². The van der Waals surface area contributed by atoms with E-state index in [1.165, 1.54) is 6.07 Å². The van der Waals surface area contributed by atoms with Crippen molar-refractivity contribution in [1.82, 2.24) is 19.7 Å². The maximum atomic E-state index is 13.8. The highest BCUT2D eigenvalue weighted by atomic mass is 32.2. The van der Waals surface area contributed by atoms with Crippen LogP contribution in [0, 0.1) is 12.7 Å². The summed E-state index contributed by atoms with van der Waals surface area (Å²) in [6.07, 6.45) is 3.75. The second-order valence-electron chi connectivity index (χ2n) is 7.75. The van der Waals surface area contributed by atoms with Gasteiger partial charge in [-0.2, -0.15) is 5.10 Å². The molecule has 0 saturated carbocycles. The van der Waals surface area contributed by atoms with E-state index in [0.717, 1.165) is 28.2 Å². The van der Waals surface area contributed by atoms with E-state index in [9.17, 15) is 14.3 Å². The van der Waals surface area contributed by atoms with Crippen LogP contribution in [0.2, 0.25) is 0 Å². The summed E-state index contributed by atoms with van der Waals surface area (Å²) >= 11 is 1.56. The minimum absolute atomic E-state index is 0.0517. The van der Waals surface area contributed by atoms with Gasteiger partial charge in [-0.25, -0.2) is 9.07 Å². The summed E-state index contributed by atoms with van der Waals surface area (Å²) in [6, 6.07) is 15.6. The summed E-state index contributed by atoms with van der Waals surface area (Å²) in [6.45, 7) is 2.15. The molecule has 6 nitrogen and oxygen atoms in total. The molecule has 3 heterocycles. The molecule has 1 aliphatic rings. The number of benzene rings is 2. The molecule has 0 aliphatic carbocycles. The van der Waals surface area contributed by atoms with Crippen LogP contribution in [0.15, 0.2) is 67.0 Å². The van der Waals surface area contributed by atoms with E-state index in [4.69, 9.17) is 5.10 Å². The number of H-pyrrole nitrogens is 1. The fourth-order valence-corrected chi connectivity index (χ4v) is 5.03. The molecular formula is C24H21FN4O2S. The molecule has 1 atom stereocenters. The number of thioether (sulfide) groups is 1. The number of aromatic nitrogens is 3. The number of hydrogen-bond donors (Lipinski definition) is 2. The van der Waals surface area contributed by atoms with E-state index < -0.39 is 0 Å². The predicted molar refractivity (Wildman–Crippen MR) is 122 cm³/mol. The van der Waals surface area contributed by atoms with Gasteiger partial charge in [0, 0.05) is 24.5 Å². The molecule has 1 amide bonds. The Morgan fingerprint density at radius 3 is 2.75 bits per heavy atom. The molecule has 1 aliphatic heterocycles. The number of aryl methyl sites for hydroxylation is 1. The lowest BCUT2D eigenvalue weighted by atomic mass is 10.1. The molecule has 1 saturated heterocycles. The number of nitrogens with one attached hydrogen (secondary N) is 1. The van der Waals surface area contributed by atoms with Gasteiger partial charge in [0.05, 0.1) is 17.1 Å². The maximum absolute atomic E-state index is 13.8. The first-order valence-electron chi connectivity index (χ1n) is 10.2. The Hall–Kier alpha value is -3.52. The molecule has 2 aromatic carbocycles. The quantitative estimate of drug-likeness (QED) is 0.460. The normalized spacial score (nSPS) is 16.1. The van der Waals surface area contributed by atoms with E-state index in [0.29, 0.717) is 17.9 Å². The Balaban J connectivity index is 1.56. The van der Waals surface area contributed by atoms with Crippen molar-refractivity contribution >= 4 is 17.7 Å². The number of aromatic hydroxyl groups is 1. The van der Waals surface area contributed by atoms with E-state index >= 15 is 0 Å². The van der Waals surface area contributed by atoms with Gasteiger partial charge in [-0.05, 0) is 60.5 Å². The number of phenolic OH excluding ortho intramolecular Hbond substituents is 1. The van der Waals surface area contributed by atoms with Crippen molar-refractivity contribution < 1.29 is 14.3 Å². The largest absolute Gasteiger partial charge is 0.508 e. The molecule has 162 valence electrons. The minimum atomic E-state index is -0.261. The van der Waals surface area contributed by atoms with Crippen molar-refractivity contribution in [3.05, 3.63) is 89.5 Å². The average Bonchev–Trinajstić information content (AvgIpc) is 3.52. The van der Waals surface area contributed by atoms with E-state index in [2.05, 4.69) is 4.98 Å². The van der Waals surface area contributed by atoms with Crippen molar-refractivity contribution in [2.45, 2.75) is 18.8 Å². The topological polar surface area (TPSA) is 74.2 Å². The van der Waals surface area contributed by atoms with Crippen molar-refractivity contribution in [1.29, 1.82) is 0 Å². The summed E-state index contributed by atoms with van der Waals surface area (Å²) < 4.78 is 15.5. The Labute approximate surface area is 188 Å². The summed E-state index contributed by atoms with van der Waals surface area (Å²) in [5, 5.41) is 14.1. The molecule has 5 rings (SSSR count). The zero-order valence-electron chi connectivity index (χ0n) is 17.3. The van der Waals surface area contributed by atoms with Gasteiger partial charge in [0.15, 0.2) is 0 Å². The standard InChI is InChI=1S/C24H21FN4O2S/c1-15-11-17(6-9-20(15)25)29-13-19(23(27-29)21-3-2-10-26-21)24-28(22(31)14-32-24)12-16-4-7-18(30)8-5-16/h2-11,13,24,26,30H,12,14H2,1H3/t24-/m1/s1. The SMILES string of the molecule is Cc1cc(-n2cc([C@H]3SCC(=O)N3Cc3ccc(O)cc3)c(-c3ccc[nH]3)n2)ccc1F. The van der Waals surface area contributed by atoms with E-state index in [1.807, 2.05) is 41.6 Å². The highest BCUT2D eigenvalue weighted by Crippen LogP contribution is 2.43. The molecule has 0 radical (unpaired) electrons. The van der Waals surface area contributed by atoms with Gasteiger partial charge in [-0.3, -0.25) is 4.79 Å². The number of amides is 1. The second-order valence-corrected chi connectivity index (χ2v) is 8.81. The van der Waals surface area contributed by atoms with Crippen molar-refractivity contribution in [2.24, 2.45) is 0 Å². The monoisotopic (exact) mass is 448 g/mol. The summed E-state index contributed by atoms with van der Waals surface area (Å²) in [7, 11) is 0. The van der Waals surface area contributed by atoms with Crippen LogP contribution >= 0.6 is 11.8 Å². The molecule has 32 heavy (non-hydrogen) atoms. The number of phenols is 1. The number of rotatable bonds is 5. The lowest BCUT2D eigenvalue weighted by molar-refractivity contribution is -0.128. The van der Waals surface area contributed by atoms with Gasteiger partial charge in [-0.15, -0.1) is 11.8 Å². The van der Waals surface area contributed by atoms with Crippen molar-refractivity contribution in [3.63, 3.8) is 0 Å². The highest BCUT2D eigenvalue weighted by molar-refractivity contribution is 8.00. The fourth-order valence-electron chi connectivity index (χ4n) is 3.84. The van der Waals surface area contributed by atoms with Gasteiger partial charge in [0.25, 0.3) is 0 Å². The van der Waals surface area contributed by atoms with Crippen LogP contribution in [0.25, 0.3) is 17.1 Å². The second kappa shape index (κ2) is 8.20. The van der Waals surface area contributed by atoms with Gasteiger partial charge in [-0.1, -0.05) is 12.1 Å². The molecule has 2 aromatic heterocycles. The first kappa shape index (κ1) is 20.4. The molecule has 4 aromatic rings. The number of nitrogens with zero attached hydrogens (tertiary/aromatic N) is 3. The number of halogens is 1. The van der Waals surface area contributed by atoms with Crippen LogP contribution in [0.5, 0.6) is 5.75 Å². The smallest absolute Gasteiger partial charge is 0.234 e. The number of hydrogen-bond acceptors (Lipinski definition) is 4. The molecular weight excluding hydrogens is 427 g/mol. The van der Waals surface area contributed by atoms with E-state index in [-0.39, 0.29) is 22.8 Å². The Morgan fingerprint density at radius 2 is 2.03 bits per heavy atom. The predicted octanol–water partition coefficient (Wildman–Crippen LogP) is 4.79. The van der Waals surface area contributed by atoms with Crippen molar-refractivity contribution in [3.8, 4) is 22.8 Å². The first-order chi connectivity index (χ1) is 15.5. The Morgan fingerprint density at radius 1 is 1.22 bits per heavy atom. The molecule has 0 unspecified atom stereocenters. The fraction of sp³-hybridized carbons (Fsp3) is 0.167. The van der Waals surface area contributed by atoms with Gasteiger partial charge in [0.2, 0.25) is 5.91 Å². The maximum Gasteiger partial charge on any atom is 0.234 e. The summed E-state index contributed by atoms with van der Waals surface area (Å²) in [4.78, 5) is 17.8. The number of aromatic amines is 1. The third-order valence-electron chi connectivity index (χ3n) is 5.53. The molecule has 1 fully saturated rings. The van der Waals surface area contributed by atoms with Crippen LogP contribution in [-0.2, 0) is 11.3 Å². The van der Waals surface area contributed by atoms with Crippen LogP contribution in [0.4, 0.5) is 4.39 Å². The average molecular weight is 449 g/mol. The first-order valence-corrected chi connectivity index (χ1v) is 11.2. The van der Waals surface area contributed by atoms with Crippen LogP contribution in [0.3, 0.4) is 0 Å². The van der Waals surface area contributed by atoms with Crippen LogP contribution in [0.1, 0.15) is 22.1 Å². The number of carbonyl (C=O) groups excluding carboxylic acids is 1. The van der Waals surface area contributed by atoms with Gasteiger partial charge < -0.3 is 15.0 Å². The van der Waals surface area contributed by atoms with Crippen LogP contribution < -0.4 is 0 Å². The Kier molecular flexibility index (Phi) is 5.22. The van der Waals surface area contributed by atoms with E-state index in [1.54, 1.807) is 47.6 Å². The van der Waals surface area contributed by atoms with Crippen LogP contribution in [-0.4, -0.2) is 36.4 Å². The van der Waals surface area contributed by atoms with Crippen molar-refractivity contribution in [2.75, 3.05) is 5.75 Å². The summed E-state index contributed by atoms with van der Waals surface area (Å²) in [5.74, 6) is 0.365. The van der Waals surface area contributed by atoms with Gasteiger partial charge in [0.1, 0.15) is 22.6 Å². The lowest BCUT2D eigenvalue weighted by Gasteiger charge is -2.24. The molecule has 0 bridgehead atoms. The third-order valence-corrected chi connectivity index (χ3v) is 6.76. The zero-order chi connectivity index (χ0) is 22.2. The lowest BCUT2D eigenvalue weighted by Crippen LogP contribution is -2.27.